The Morgan fingerprint density at radius 2 is 2.00 bits per heavy atom. The average Bonchev–Trinajstić information content (AvgIpc) is 3.09. The number of aryl methyl sites for hydroxylation is 2. The molecule has 0 aliphatic carbocycles. The van der Waals surface area contributed by atoms with Crippen molar-refractivity contribution in [2.24, 2.45) is 0 Å². The van der Waals surface area contributed by atoms with Gasteiger partial charge in [-0.2, -0.15) is 18.3 Å². The minimum absolute atomic E-state index is 0.104. The van der Waals surface area contributed by atoms with Crippen LogP contribution in [0.1, 0.15) is 49.1 Å². The molecule has 170 valence electrons. The number of hydrogen-bond acceptors (Lipinski definition) is 5. The van der Waals surface area contributed by atoms with Crippen LogP contribution in [0.2, 0.25) is 0 Å². The molecule has 0 saturated heterocycles. The normalized spacial score (nSPS) is 16.4. The SMILES string of the molecule is Cc1nnc2n1C[C@H](NC(=O)Cn1nc(C(C)C)c3cc(C(F)(F)F)ccc3c1=O)CC2. The van der Waals surface area contributed by atoms with E-state index in [2.05, 4.69) is 20.6 Å². The quantitative estimate of drug-likeness (QED) is 0.662. The molecule has 1 aliphatic rings. The number of rotatable bonds is 4. The van der Waals surface area contributed by atoms with E-state index in [-0.39, 0.29) is 35.2 Å². The fourth-order valence-electron chi connectivity index (χ4n) is 4.01. The van der Waals surface area contributed by atoms with E-state index in [1.54, 1.807) is 13.8 Å². The summed E-state index contributed by atoms with van der Waals surface area (Å²) in [5.74, 6) is 1.01. The number of fused-ring (bicyclic) bond motifs is 2. The highest BCUT2D eigenvalue weighted by molar-refractivity contribution is 5.85. The number of benzene rings is 1. The topological polar surface area (TPSA) is 94.7 Å². The van der Waals surface area contributed by atoms with Crippen molar-refractivity contribution in [3.63, 3.8) is 0 Å². The van der Waals surface area contributed by atoms with Gasteiger partial charge < -0.3 is 9.88 Å². The third kappa shape index (κ3) is 4.11. The lowest BCUT2D eigenvalue weighted by atomic mass is 10.0. The molecule has 32 heavy (non-hydrogen) atoms. The van der Waals surface area contributed by atoms with Crippen LogP contribution in [0.15, 0.2) is 23.0 Å². The second kappa shape index (κ2) is 8.03. The highest BCUT2D eigenvalue weighted by atomic mass is 19.4. The van der Waals surface area contributed by atoms with Crippen molar-refractivity contribution in [3.8, 4) is 0 Å². The fraction of sp³-hybridized carbons (Fsp3) is 0.476. The van der Waals surface area contributed by atoms with Gasteiger partial charge in [0.15, 0.2) is 0 Å². The molecule has 3 heterocycles. The van der Waals surface area contributed by atoms with Gasteiger partial charge in [0.05, 0.1) is 16.6 Å². The summed E-state index contributed by atoms with van der Waals surface area (Å²) in [5.41, 5.74) is -1.11. The number of aromatic nitrogens is 5. The molecule has 4 rings (SSSR count). The van der Waals surface area contributed by atoms with Gasteiger partial charge in [-0.05, 0) is 37.5 Å². The number of halogens is 3. The van der Waals surface area contributed by atoms with Crippen LogP contribution in [-0.4, -0.2) is 36.5 Å². The summed E-state index contributed by atoms with van der Waals surface area (Å²) in [7, 11) is 0. The summed E-state index contributed by atoms with van der Waals surface area (Å²) < 4.78 is 42.4. The smallest absolute Gasteiger partial charge is 0.350 e. The molecule has 0 fully saturated rings. The number of nitrogens with one attached hydrogen (secondary N) is 1. The van der Waals surface area contributed by atoms with Crippen molar-refractivity contribution in [1.29, 1.82) is 0 Å². The largest absolute Gasteiger partial charge is 0.416 e. The Labute approximate surface area is 181 Å². The molecular weight excluding hydrogens is 425 g/mol. The van der Waals surface area contributed by atoms with Crippen LogP contribution in [0.5, 0.6) is 0 Å². The van der Waals surface area contributed by atoms with Gasteiger partial charge in [-0.15, -0.1) is 10.2 Å². The maximum atomic E-state index is 13.2. The van der Waals surface area contributed by atoms with Crippen LogP contribution >= 0.6 is 0 Å². The number of alkyl halides is 3. The van der Waals surface area contributed by atoms with Crippen LogP contribution in [0.25, 0.3) is 10.8 Å². The molecule has 1 aromatic carbocycles. The summed E-state index contributed by atoms with van der Waals surface area (Å²) in [6, 6.07) is 2.84. The highest BCUT2D eigenvalue weighted by Crippen LogP contribution is 2.32. The molecular formula is C21H23F3N6O2. The van der Waals surface area contributed by atoms with Gasteiger partial charge in [0.25, 0.3) is 5.56 Å². The highest BCUT2D eigenvalue weighted by Gasteiger charge is 2.31. The molecule has 0 unspecified atom stereocenters. The average molecular weight is 448 g/mol. The summed E-state index contributed by atoms with van der Waals surface area (Å²) in [4.78, 5) is 25.6. The molecule has 1 atom stereocenters. The standard InChI is InChI=1S/C21H23F3N6O2/c1-11(2)19-16-8-13(21(22,23)24)4-6-15(16)20(32)30(28-19)10-18(31)25-14-5-7-17-27-26-12(3)29(17)9-14/h4,6,8,11,14H,5,7,9-10H2,1-3H3,(H,25,31)/t14-/m1/s1. The van der Waals surface area contributed by atoms with Crippen LogP contribution in [0.3, 0.4) is 0 Å². The predicted octanol–water partition coefficient (Wildman–Crippen LogP) is 2.57. The lowest BCUT2D eigenvalue weighted by Gasteiger charge is -2.25. The van der Waals surface area contributed by atoms with Crippen LogP contribution < -0.4 is 10.9 Å². The zero-order valence-electron chi connectivity index (χ0n) is 17.9. The van der Waals surface area contributed by atoms with Crippen molar-refractivity contribution < 1.29 is 18.0 Å². The van der Waals surface area contributed by atoms with Gasteiger partial charge in [-0.3, -0.25) is 9.59 Å². The molecule has 1 amide bonds. The molecule has 0 bridgehead atoms. The molecule has 0 spiro atoms. The molecule has 2 aromatic heterocycles. The van der Waals surface area contributed by atoms with Crippen molar-refractivity contribution in [3.05, 3.63) is 51.5 Å². The Hall–Kier alpha value is -3.24. The van der Waals surface area contributed by atoms with Gasteiger partial charge in [0.1, 0.15) is 18.2 Å². The first-order chi connectivity index (χ1) is 15.0. The first-order valence-corrected chi connectivity index (χ1v) is 10.3. The maximum Gasteiger partial charge on any atom is 0.416 e. The Kier molecular flexibility index (Phi) is 5.51. The summed E-state index contributed by atoms with van der Waals surface area (Å²) in [6.07, 6.45) is -3.15. The Morgan fingerprint density at radius 3 is 2.69 bits per heavy atom. The predicted molar refractivity (Wildman–Crippen MR) is 110 cm³/mol. The van der Waals surface area contributed by atoms with Crippen molar-refractivity contribution in [1.82, 2.24) is 29.9 Å². The number of amides is 1. The van der Waals surface area contributed by atoms with Crippen LogP contribution in [-0.2, 0) is 30.5 Å². The minimum Gasteiger partial charge on any atom is -0.350 e. The third-order valence-electron chi connectivity index (χ3n) is 5.65. The van der Waals surface area contributed by atoms with Gasteiger partial charge >= 0.3 is 6.18 Å². The van der Waals surface area contributed by atoms with Gasteiger partial charge in [-0.1, -0.05) is 13.8 Å². The van der Waals surface area contributed by atoms with Crippen molar-refractivity contribution in [2.45, 2.75) is 64.8 Å². The van der Waals surface area contributed by atoms with Crippen LogP contribution in [0, 0.1) is 6.92 Å². The fourth-order valence-corrected chi connectivity index (χ4v) is 4.01. The number of carbonyl (C=O) groups excluding carboxylic acids is 1. The lowest BCUT2D eigenvalue weighted by molar-refractivity contribution is -0.137. The second-order valence-electron chi connectivity index (χ2n) is 8.34. The molecule has 3 aromatic rings. The summed E-state index contributed by atoms with van der Waals surface area (Å²) in [5, 5.41) is 15.6. The van der Waals surface area contributed by atoms with E-state index >= 15 is 0 Å². The summed E-state index contributed by atoms with van der Waals surface area (Å²) in [6.45, 7) is 5.62. The zero-order valence-corrected chi connectivity index (χ0v) is 17.9. The van der Waals surface area contributed by atoms with E-state index in [0.29, 0.717) is 25.1 Å². The van der Waals surface area contributed by atoms with Crippen molar-refractivity contribution in [2.75, 3.05) is 0 Å². The first-order valence-electron chi connectivity index (χ1n) is 10.3. The first kappa shape index (κ1) is 22.0. The van der Waals surface area contributed by atoms with Crippen molar-refractivity contribution >= 4 is 16.7 Å². The maximum absolute atomic E-state index is 13.2. The van der Waals surface area contributed by atoms with E-state index in [4.69, 9.17) is 0 Å². The molecule has 0 saturated carbocycles. The number of hydrogen-bond donors (Lipinski definition) is 1. The molecule has 11 heteroatoms. The van der Waals surface area contributed by atoms with Gasteiger partial charge in [0.2, 0.25) is 5.91 Å². The van der Waals surface area contributed by atoms with Crippen LogP contribution in [0.4, 0.5) is 13.2 Å². The van der Waals surface area contributed by atoms with E-state index in [0.717, 1.165) is 34.5 Å². The van der Waals surface area contributed by atoms with E-state index in [1.807, 2.05) is 11.5 Å². The minimum atomic E-state index is -4.53. The van der Waals surface area contributed by atoms with E-state index in [1.165, 1.54) is 0 Å². The number of nitrogens with zero attached hydrogens (tertiary/aromatic N) is 5. The number of carbonyl (C=O) groups is 1. The lowest BCUT2D eigenvalue weighted by Crippen LogP contribution is -2.44. The molecule has 1 N–H and O–H groups in total. The molecule has 8 nitrogen and oxygen atoms in total. The zero-order chi connectivity index (χ0) is 23.2. The second-order valence-corrected chi connectivity index (χ2v) is 8.34. The summed E-state index contributed by atoms with van der Waals surface area (Å²) >= 11 is 0. The molecule has 0 radical (unpaired) electrons. The Balaban J connectivity index is 1.60. The Bertz CT molecular complexity index is 1240. The third-order valence-corrected chi connectivity index (χ3v) is 5.65. The van der Waals surface area contributed by atoms with Gasteiger partial charge in [-0.25, -0.2) is 4.68 Å². The van der Waals surface area contributed by atoms with Gasteiger partial charge in [0, 0.05) is 24.4 Å². The Morgan fingerprint density at radius 1 is 1.25 bits per heavy atom. The monoisotopic (exact) mass is 448 g/mol. The molecule has 1 aliphatic heterocycles. The van der Waals surface area contributed by atoms with E-state index in [9.17, 15) is 22.8 Å². The van der Waals surface area contributed by atoms with E-state index < -0.39 is 17.3 Å².